The van der Waals surface area contributed by atoms with E-state index in [2.05, 4.69) is 10.1 Å². The molecule has 1 aromatic heterocycles. The molecule has 2 aromatic carbocycles. The van der Waals surface area contributed by atoms with E-state index in [1.807, 2.05) is 43.3 Å². The zero-order valence-electron chi connectivity index (χ0n) is 15.4. The second kappa shape index (κ2) is 7.89. The molecular formula is C19H21N3O4S. The van der Waals surface area contributed by atoms with Crippen LogP contribution in [-0.4, -0.2) is 37.0 Å². The van der Waals surface area contributed by atoms with Gasteiger partial charge in [-0.25, -0.2) is 8.42 Å². The molecule has 0 saturated carbocycles. The second-order valence-corrected chi connectivity index (χ2v) is 8.25. The Morgan fingerprint density at radius 1 is 1.11 bits per heavy atom. The molecule has 0 atom stereocenters. The quantitative estimate of drug-likeness (QED) is 0.619. The summed E-state index contributed by atoms with van der Waals surface area (Å²) in [5.41, 5.74) is 2.47. The largest absolute Gasteiger partial charge is 0.497 e. The summed E-state index contributed by atoms with van der Waals surface area (Å²) < 4.78 is 36.8. The first-order valence-corrected chi connectivity index (χ1v) is 9.95. The molecule has 0 bridgehead atoms. The third-order valence-electron chi connectivity index (χ3n) is 4.25. The molecule has 3 rings (SSSR count). The summed E-state index contributed by atoms with van der Waals surface area (Å²) >= 11 is 0. The molecule has 7 nitrogen and oxygen atoms in total. The van der Waals surface area contributed by atoms with Gasteiger partial charge >= 0.3 is 0 Å². The highest BCUT2D eigenvalue weighted by molar-refractivity contribution is 7.88. The van der Waals surface area contributed by atoms with Gasteiger partial charge in [0.15, 0.2) is 0 Å². The van der Waals surface area contributed by atoms with Crippen LogP contribution in [0.15, 0.2) is 53.1 Å². The maximum absolute atomic E-state index is 12.6. The van der Waals surface area contributed by atoms with Crippen molar-refractivity contribution < 1.29 is 17.7 Å². The summed E-state index contributed by atoms with van der Waals surface area (Å²) in [7, 11) is -0.413. The molecule has 0 fully saturated rings. The fraction of sp³-hybridized carbons (Fsp3) is 0.263. The Morgan fingerprint density at radius 2 is 1.81 bits per heavy atom. The van der Waals surface area contributed by atoms with Crippen LogP contribution in [0.3, 0.4) is 0 Å². The second-order valence-electron chi connectivity index (χ2n) is 6.18. The first-order valence-electron chi connectivity index (χ1n) is 8.34. The van der Waals surface area contributed by atoms with E-state index in [9.17, 15) is 8.42 Å². The summed E-state index contributed by atoms with van der Waals surface area (Å²) in [4.78, 5) is 4.29. The van der Waals surface area contributed by atoms with E-state index >= 15 is 0 Å². The maximum atomic E-state index is 12.6. The highest BCUT2D eigenvalue weighted by Crippen LogP contribution is 2.21. The number of sulfonamides is 1. The van der Waals surface area contributed by atoms with E-state index in [0.29, 0.717) is 5.82 Å². The van der Waals surface area contributed by atoms with Gasteiger partial charge in [-0.15, -0.1) is 0 Å². The number of rotatable bonds is 7. The highest BCUT2D eigenvalue weighted by Gasteiger charge is 2.22. The Hall–Kier alpha value is -2.71. The molecule has 142 valence electrons. The fourth-order valence-corrected chi connectivity index (χ4v) is 3.79. The van der Waals surface area contributed by atoms with Crippen LogP contribution in [0.25, 0.3) is 11.4 Å². The average Bonchev–Trinajstić information content (AvgIpc) is 3.12. The van der Waals surface area contributed by atoms with Crippen molar-refractivity contribution in [2.75, 3.05) is 14.2 Å². The van der Waals surface area contributed by atoms with Crippen molar-refractivity contribution in [3.63, 3.8) is 0 Å². The molecular weight excluding hydrogens is 366 g/mol. The van der Waals surface area contributed by atoms with Gasteiger partial charge in [0, 0.05) is 12.6 Å². The van der Waals surface area contributed by atoms with Crippen LogP contribution in [0.1, 0.15) is 17.0 Å². The zero-order chi connectivity index (χ0) is 19.4. The summed E-state index contributed by atoms with van der Waals surface area (Å²) in [5, 5.41) is 3.93. The molecule has 0 spiro atoms. The van der Waals surface area contributed by atoms with Crippen LogP contribution in [0, 0.1) is 6.92 Å². The Bertz CT molecular complexity index is 1010. The standard InChI is InChI=1S/C19H21N3O4S/c1-14-6-4-5-7-16(14)13-27(23,24)22(2)12-18-20-19(21-26-18)15-8-10-17(25-3)11-9-15/h4-11H,12-13H2,1-3H3. The molecule has 0 aliphatic heterocycles. The van der Waals surface area contributed by atoms with Gasteiger partial charge in [-0.1, -0.05) is 29.4 Å². The van der Waals surface area contributed by atoms with Gasteiger partial charge in [0.05, 0.1) is 19.4 Å². The Kier molecular flexibility index (Phi) is 5.57. The summed E-state index contributed by atoms with van der Waals surface area (Å²) in [6, 6.07) is 14.6. The fourth-order valence-electron chi connectivity index (χ4n) is 2.54. The first-order chi connectivity index (χ1) is 12.9. The summed E-state index contributed by atoms with van der Waals surface area (Å²) in [6.07, 6.45) is 0. The predicted octanol–water partition coefficient (Wildman–Crippen LogP) is 3.02. The van der Waals surface area contributed by atoms with Crippen LogP contribution in [0.5, 0.6) is 5.75 Å². The Morgan fingerprint density at radius 3 is 2.48 bits per heavy atom. The van der Waals surface area contributed by atoms with E-state index in [1.165, 1.54) is 11.4 Å². The molecule has 0 unspecified atom stereocenters. The highest BCUT2D eigenvalue weighted by atomic mass is 32.2. The molecule has 0 amide bonds. The van der Waals surface area contributed by atoms with E-state index in [4.69, 9.17) is 9.26 Å². The van der Waals surface area contributed by atoms with Gasteiger partial charge in [-0.2, -0.15) is 9.29 Å². The van der Waals surface area contributed by atoms with Gasteiger partial charge < -0.3 is 9.26 Å². The number of methoxy groups -OCH3 is 1. The number of aromatic nitrogens is 2. The third-order valence-corrected chi connectivity index (χ3v) is 6.00. The Balaban J connectivity index is 1.71. The van der Waals surface area contributed by atoms with Gasteiger partial charge in [0.1, 0.15) is 5.75 Å². The van der Waals surface area contributed by atoms with Crippen molar-refractivity contribution in [1.82, 2.24) is 14.4 Å². The molecule has 0 N–H and O–H groups in total. The zero-order valence-corrected chi connectivity index (χ0v) is 16.2. The molecule has 3 aromatic rings. The van der Waals surface area contributed by atoms with E-state index in [0.717, 1.165) is 22.4 Å². The lowest BCUT2D eigenvalue weighted by molar-refractivity contribution is 0.336. The lowest BCUT2D eigenvalue weighted by atomic mass is 10.1. The number of nitrogens with zero attached hydrogens (tertiary/aromatic N) is 3. The minimum atomic E-state index is -3.51. The van der Waals surface area contributed by atoms with Crippen molar-refractivity contribution in [3.05, 3.63) is 65.5 Å². The van der Waals surface area contributed by atoms with E-state index in [1.54, 1.807) is 19.2 Å². The van der Waals surface area contributed by atoms with Crippen molar-refractivity contribution >= 4 is 10.0 Å². The van der Waals surface area contributed by atoms with Crippen molar-refractivity contribution in [2.45, 2.75) is 19.2 Å². The number of hydrogen-bond acceptors (Lipinski definition) is 6. The summed E-state index contributed by atoms with van der Waals surface area (Å²) in [6.45, 7) is 1.90. The summed E-state index contributed by atoms with van der Waals surface area (Å²) in [5.74, 6) is 1.29. The van der Waals surface area contributed by atoms with Crippen molar-refractivity contribution in [2.24, 2.45) is 0 Å². The molecule has 0 saturated heterocycles. The van der Waals surface area contributed by atoms with Gasteiger partial charge in [-0.05, 0) is 42.3 Å². The van der Waals surface area contributed by atoms with E-state index < -0.39 is 10.0 Å². The van der Waals surface area contributed by atoms with Crippen molar-refractivity contribution in [1.29, 1.82) is 0 Å². The van der Waals surface area contributed by atoms with Crippen LogP contribution in [0.2, 0.25) is 0 Å². The van der Waals surface area contributed by atoms with Gasteiger partial charge in [0.2, 0.25) is 21.7 Å². The van der Waals surface area contributed by atoms with Crippen LogP contribution < -0.4 is 4.74 Å². The van der Waals surface area contributed by atoms with Crippen LogP contribution in [0.4, 0.5) is 0 Å². The smallest absolute Gasteiger partial charge is 0.242 e. The van der Waals surface area contributed by atoms with Gasteiger partial charge in [0.25, 0.3) is 0 Å². The molecule has 8 heteroatoms. The first kappa shape index (κ1) is 19.1. The molecule has 1 heterocycles. The maximum Gasteiger partial charge on any atom is 0.242 e. The van der Waals surface area contributed by atoms with Crippen LogP contribution in [-0.2, 0) is 22.3 Å². The monoisotopic (exact) mass is 387 g/mol. The number of aryl methyl sites for hydroxylation is 1. The van der Waals surface area contributed by atoms with Crippen LogP contribution >= 0.6 is 0 Å². The van der Waals surface area contributed by atoms with Gasteiger partial charge in [-0.3, -0.25) is 0 Å². The molecule has 0 radical (unpaired) electrons. The molecule has 27 heavy (non-hydrogen) atoms. The average molecular weight is 387 g/mol. The third kappa shape index (κ3) is 4.53. The normalized spacial score (nSPS) is 11.7. The molecule has 0 aliphatic rings. The van der Waals surface area contributed by atoms with Crippen molar-refractivity contribution in [3.8, 4) is 17.1 Å². The minimum absolute atomic E-state index is 0.0113. The lowest BCUT2D eigenvalue weighted by Gasteiger charge is -2.15. The Labute approximate surface area is 158 Å². The number of ether oxygens (including phenoxy) is 1. The SMILES string of the molecule is COc1ccc(-c2noc(CN(C)S(=O)(=O)Cc3ccccc3C)n2)cc1. The lowest BCUT2D eigenvalue weighted by Crippen LogP contribution is -2.28. The minimum Gasteiger partial charge on any atom is -0.497 e. The topological polar surface area (TPSA) is 85.5 Å². The molecule has 0 aliphatic carbocycles. The van der Waals surface area contributed by atoms with E-state index in [-0.39, 0.29) is 18.2 Å². The number of benzene rings is 2. The number of hydrogen-bond donors (Lipinski definition) is 0. The predicted molar refractivity (Wildman–Crippen MR) is 102 cm³/mol.